The molecule has 0 radical (unpaired) electrons. The molecule has 0 aliphatic heterocycles. The van der Waals surface area contributed by atoms with Crippen LogP contribution in [0.2, 0.25) is 5.02 Å². The van der Waals surface area contributed by atoms with Crippen LogP contribution in [0.3, 0.4) is 0 Å². The summed E-state index contributed by atoms with van der Waals surface area (Å²) >= 11 is 6.05. The van der Waals surface area contributed by atoms with Gasteiger partial charge in [0.2, 0.25) is 0 Å². The van der Waals surface area contributed by atoms with E-state index in [0.717, 1.165) is 43.1 Å². The van der Waals surface area contributed by atoms with E-state index in [-0.39, 0.29) is 0 Å². The van der Waals surface area contributed by atoms with Gasteiger partial charge < -0.3 is 5.32 Å². The largest absolute Gasteiger partial charge is 0.313 e. The van der Waals surface area contributed by atoms with Crippen molar-refractivity contribution in [3.05, 3.63) is 51.8 Å². The van der Waals surface area contributed by atoms with Crippen molar-refractivity contribution in [3.63, 3.8) is 0 Å². The molecule has 0 bridgehead atoms. The fourth-order valence-corrected chi connectivity index (χ4v) is 3.36. The van der Waals surface area contributed by atoms with Crippen molar-refractivity contribution in [2.24, 2.45) is 0 Å². The number of halogens is 1. The molecular formula is C17H22ClN3. The Kier molecular flexibility index (Phi) is 4.32. The Hall–Kier alpha value is -1.32. The molecule has 0 fully saturated rings. The highest BCUT2D eigenvalue weighted by molar-refractivity contribution is 6.30. The predicted octanol–water partition coefficient (Wildman–Crippen LogP) is 3.30. The number of nitrogens with one attached hydrogen (secondary N) is 1. The molecule has 1 heterocycles. The van der Waals surface area contributed by atoms with Crippen LogP contribution in [0.15, 0.2) is 24.3 Å². The third-order valence-corrected chi connectivity index (χ3v) is 4.42. The van der Waals surface area contributed by atoms with Gasteiger partial charge in [-0.25, -0.2) is 0 Å². The van der Waals surface area contributed by atoms with Crippen molar-refractivity contribution in [3.8, 4) is 0 Å². The second kappa shape index (κ2) is 6.20. The van der Waals surface area contributed by atoms with Gasteiger partial charge in [-0.05, 0) is 69.0 Å². The van der Waals surface area contributed by atoms with Crippen LogP contribution in [0, 0.1) is 13.8 Å². The van der Waals surface area contributed by atoms with Crippen LogP contribution >= 0.6 is 11.6 Å². The molecule has 4 heteroatoms. The Morgan fingerprint density at radius 2 is 2.05 bits per heavy atom. The molecule has 1 aromatic heterocycles. The average Bonchev–Trinajstić information content (AvgIpc) is 2.97. The summed E-state index contributed by atoms with van der Waals surface area (Å²) in [4.78, 5) is 0. The molecule has 3 nitrogen and oxygen atoms in total. The molecule has 21 heavy (non-hydrogen) atoms. The van der Waals surface area contributed by atoms with E-state index in [9.17, 15) is 0 Å². The van der Waals surface area contributed by atoms with Crippen molar-refractivity contribution in [1.29, 1.82) is 0 Å². The number of benzene rings is 1. The van der Waals surface area contributed by atoms with Crippen molar-refractivity contribution >= 4 is 11.6 Å². The first kappa shape index (κ1) is 14.6. The van der Waals surface area contributed by atoms with E-state index in [0.29, 0.717) is 6.04 Å². The predicted molar refractivity (Wildman–Crippen MR) is 87.0 cm³/mol. The maximum Gasteiger partial charge on any atom is 0.0596 e. The van der Waals surface area contributed by atoms with Crippen LogP contribution in [0.5, 0.6) is 0 Å². The Bertz CT molecular complexity index is 633. The first-order valence-electron chi connectivity index (χ1n) is 7.63. The first-order chi connectivity index (χ1) is 10.1. The number of rotatable bonds is 5. The van der Waals surface area contributed by atoms with Gasteiger partial charge in [-0.1, -0.05) is 17.7 Å². The maximum absolute atomic E-state index is 6.05. The maximum atomic E-state index is 6.05. The van der Waals surface area contributed by atoms with Crippen LogP contribution in [0.25, 0.3) is 0 Å². The van der Waals surface area contributed by atoms with E-state index in [1.54, 1.807) is 0 Å². The lowest BCUT2D eigenvalue weighted by atomic mass is 10.1. The Morgan fingerprint density at radius 1 is 1.24 bits per heavy atom. The summed E-state index contributed by atoms with van der Waals surface area (Å²) in [6.45, 7) is 6.18. The summed E-state index contributed by atoms with van der Waals surface area (Å²) in [5, 5.41) is 9.00. The summed E-state index contributed by atoms with van der Waals surface area (Å²) < 4.78 is 2.10. The number of aromatic nitrogens is 2. The van der Waals surface area contributed by atoms with Crippen molar-refractivity contribution in [1.82, 2.24) is 15.1 Å². The van der Waals surface area contributed by atoms with Gasteiger partial charge in [0, 0.05) is 23.3 Å². The van der Waals surface area contributed by atoms with E-state index < -0.39 is 0 Å². The summed E-state index contributed by atoms with van der Waals surface area (Å²) in [6, 6.07) is 8.94. The number of aryl methyl sites for hydroxylation is 3. The standard InChI is InChI=1S/C17H22ClN3/c1-12-8-13(2)21(20-12)7-3-6-19-17-10-14-4-5-16(18)9-15(14)11-17/h4-5,8-9,17,19H,3,6-7,10-11H2,1-2H3. The molecule has 1 unspecified atom stereocenters. The molecule has 1 aromatic carbocycles. The summed E-state index contributed by atoms with van der Waals surface area (Å²) in [7, 11) is 0. The normalized spacial score (nSPS) is 17.2. The monoisotopic (exact) mass is 303 g/mol. The molecule has 2 aromatic rings. The highest BCUT2D eigenvalue weighted by atomic mass is 35.5. The average molecular weight is 304 g/mol. The lowest BCUT2D eigenvalue weighted by Crippen LogP contribution is -2.31. The third-order valence-electron chi connectivity index (χ3n) is 4.18. The zero-order valence-corrected chi connectivity index (χ0v) is 13.5. The van der Waals surface area contributed by atoms with Crippen molar-refractivity contribution in [2.75, 3.05) is 6.54 Å². The molecule has 0 amide bonds. The quantitative estimate of drug-likeness (QED) is 0.859. The first-order valence-corrected chi connectivity index (χ1v) is 8.01. The fraction of sp³-hybridized carbons (Fsp3) is 0.471. The smallest absolute Gasteiger partial charge is 0.0596 e. The van der Waals surface area contributed by atoms with E-state index in [1.165, 1.54) is 16.8 Å². The molecule has 1 atom stereocenters. The van der Waals surface area contributed by atoms with Gasteiger partial charge in [-0.2, -0.15) is 5.10 Å². The summed E-state index contributed by atoms with van der Waals surface area (Å²) in [6.07, 6.45) is 3.32. The zero-order valence-electron chi connectivity index (χ0n) is 12.7. The molecule has 0 spiro atoms. The van der Waals surface area contributed by atoms with Gasteiger partial charge in [0.25, 0.3) is 0 Å². The van der Waals surface area contributed by atoms with E-state index in [4.69, 9.17) is 11.6 Å². The number of hydrogen-bond donors (Lipinski definition) is 1. The summed E-state index contributed by atoms with van der Waals surface area (Å²) in [5.41, 5.74) is 5.19. The fourth-order valence-electron chi connectivity index (χ4n) is 3.17. The van der Waals surface area contributed by atoms with E-state index in [1.807, 2.05) is 13.0 Å². The van der Waals surface area contributed by atoms with Crippen LogP contribution in [-0.2, 0) is 19.4 Å². The minimum Gasteiger partial charge on any atom is -0.313 e. The van der Waals surface area contributed by atoms with Gasteiger partial charge in [0.1, 0.15) is 0 Å². The summed E-state index contributed by atoms with van der Waals surface area (Å²) in [5.74, 6) is 0. The molecule has 0 saturated carbocycles. The lowest BCUT2D eigenvalue weighted by Gasteiger charge is -2.12. The Morgan fingerprint density at radius 3 is 2.81 bits per heavy atom. The number of nitrogens with zero attached hydrogens (tertiary/aromatic N) is 2. The minimum absolute atomic E-state index is 0.555. The number of hydrogen-bond acceptors (Lipinski definition) is 2. The topological polar surface area (TPSA) is 29.9 Å². The minimum atomic E-state index is 0.555. The van der Waals surface area contributed by atoms with Gasteiger partial charge in [0.15, 0.2) is 0 Å². The zero-order chi connectivity index (χ0) is 14.8. The van der Waals surface area contributed by atoms with Gasteiger partial charge >= 0.3 is 0 Å². The SMILES string of the molecule is Cc1cc(C)n(CCCNC2Cc3ccc(Cl)cc3C2)n1. The molecule has 1 N–H and O–H groups in total. The Balaban J connectivity index is 1.44. The second-order valence-electron chi connectivity index (χ2n) is 5.98. The van der Waals surface area contributed by atoms with E-state index in [2.05, 4.69) is 40.2 Å². The molecule has 1 aliphatic carbocycles. The highest BCUT2D eigenvalue weighted by Crippen LogP contribution is 2.25. The van der Waals surface area contributed by atoms with Crippen molar-refractivity contribution in [2.45, 2.75) is 45.7 Å². The molecule has 0 saturated heterocycles. The van der Waals surface area contributed by atoms with Crippen LogP contribution in [0.4, 0.5) is 0 Å². The molecule has 112 valence electrons. The van der Waals surface area contributed by atoms with Crippen molar-refractivity contribution < 1.29 is 0 Å². The van der Waals surface area contributed by atoms with Crippen LogP contribution in [0.1, 0.15) is 28.9 Å². The van der Waals surface area contributed by atoms with Gasteiger partial charge in [0.05, 0.1) is 5.69 Å². The second-order valence-corrected chi connectivity index (χ2v) is 6.41. The Labute approximate surface area is 131 Å². The van der Waals surface area contributed by atoms with Crippen LogP contribution < -0.4 is 5.32 Å². The molecule has 1 aliphatic rings. The molecular weight excluding hydrogens is 282 g/mol. The number of fused-ring (bicyclic) bond motifs is 1. The highest BCUT2D eigenvalue weighted by Gasteiger charge is 2.20. The molecule has 3 rings (SSSR count). The lowest BCUT2D eigenvalue weighted by molar-refractivity contribution is 0.483. The van der Waals surface area contributed by atoms with Crippen LogP contribution in [-0.4, -0.2) is 22.4 Å². The van der Waals surface area contributed by atoms with Gasteiger partial charge in [-0.3, -0.25) is 4.68 Å². The third kappa shape index (κ3) is 3.47. The van der Waals surface area contributed by atoms with Gasteiger partial charge in [-0.15, -0.1) is 0 Å². The van der Waals surface area contributed by atoms with E-state index >= 15 is 0 Å².